The SMILES string of the molecule is CCCCNC(=O)C(C)n1c(CC)nc2ccccc21. The molecule has 0 bridgehead atoms. The number of nitrogens with zero attached hydrogens (tertiary/aromatic N) is 2. The monoisotopic (exact) mass is 273 g/mol. The van der Waals surface area contributed by atoms with Crippen LogP contribution in [0.1, 0.15) is 45.5 Å². The molecule has 2 rings (SSSR count). The molecule has 4 heteroatoms. The smallest absolute Gasteiger partial charge is 0.242 e. The molecule has 2 aromatic rings. The van der Waals surface area contributed by atoms with Gasteiger partial charge in [-0.3, -0.25) is 4.79 Å². The standard InChI is InChI=1S/C16H23N3O/c1-4-6-11-17-16(20)12(3)19-14-10-8-7-9-13(14)18-15(19)5-2/h7-10,12H,4-6,11H2,1-3H3,(H,17,20). The van der Waals surface area contributed by atoms with Gasteiger partial charge in [0.15, 0.2) is 0 Å². The number of hydrogen-bond acceptors (Lipinski definition) is 2. The zero-order valence-corrected chi connectivity index (χ0v) is 12.5. The van der Waals surface area contributed by atoms with Crippen molar-refractivity contribution >= 4 is 16.9 Å². The van der Waals surface area contributed by atoms with Gasteiger partial charge >= 0.3 is 0 Å². The molecule has 20 heavy (non-hydrogen) atoms. The molecule has 108 valence electrons. The summed E-state index contributed by atoms with van der Waals surface area (Å²) < 4.78 is 2.05. The van der Waals surface area contributed by atoms with Crippen molar-refractivity contribution in [1.82, 2.24) is 14.9 Å². The van der Waals surface area contributed by atoms with Crippen LogP contribution >= 0.6 is 0 Å². The van der Waals surface area contributed by atoms with Crippen molar-refractivity contribution < 1.29 is 4.79 Å². The topological polar surface area (TPSA) is 46.9 Å². The fourth-order valence-electron chi connectivity index (χ4n) is 2.43. The number of aryl methyl sites for hydroxylation is 1. The first-order valence-electron chi connectivity index (χ1n) is 7.42. The predicted molar refractivity (Wildman–Crippen MR) is 81.7 cm³/mol. The number of hydrogen-bond donors (Lipinski definition) is 1. The number of para-hydroxylation sites is 2. The molecule has 1 heterocycles. The Morgan fingerprint density at radius 2 is 2.10 bits per heavy atom. The Hall–Kier alpha value is -1.84. The van der Waals surface area contributed by atoms with Gasteiger partial charge in [-0.1, -0.05) is 32.4 Å². The highest BCUT2D eigenvalue weighted by molar-refractivity contribution is 5.84. The third-order valence-electron chi connectivity index (χ3n) is 3.58. The van der Waals surface area contributed by atoms with E-state index in [-0.39, 0.29) is 11.9 Å². The number of nitrogens with one attached hydrogen (secondary N) is 1. The fourth-order valence-corrected chi connectivity index (χ4v) is 2.43. The van der Waals surface area contributed by atoms with Crippen LogP contribution in [-0.4, -0.2) is 22.0 Å². The zero-order valence-electron chi connectivity index (χ0n) is 12.5. The summed E-state index contributed by atoms with van der Waals surface area (Å²) in [6, 6.07) is 7.76. The predicted octanol–water partition coefficient (Wildman–Crippen LogP) is 3.08. The first-order valence-corrected chi connectivity index (χ1v) is 7.42. The quantitative estimate of drug-likeness (QED) is 0.822. The molecule has 0 fully saturated rings. The number of amides is 1. The van der Waals surface area contributed by atoms with Gasteiger partial charge in [0, 0.05) is 13.0 Å². The number of aromatic nitrogens is 2. The van der Waals surface area contributed by atoms with E-state index < -0.39 is 0 Å². The number of rotatable bonds is 6. The molecule has 1 aromatic heterocycles. The van der Waals surface area contributed by atoms with Gasteiger partial charge < -0.3 is 9.88 Å². The van der Waals surface area contributed by atoms with E-state index in [0.717, 1.165) is 42.7 Å². The number of fused-ring (bicyclic) bond motifs is 1. The Kier molecular flexibility index (Phi) is 4.77. The van der Waals surface area contributed by atoms with Crippen molar-refractivity contribution in [3.63, 3.8) is 0 Å². The Labute approximate surface area is 120 Å². The summed E-state index contributed by atoms with van der Waals surface area (Å²) >= 11 is 0. The lowest BCUT2D eigenvalue weighted by Crippen LogP contribution is -2.32. The summed E-state index contributed by atoms with van der Waals surface area (Å²) in [5.74, 6) is 1.03. The molecule has 0 aliphatic heterocycles. The lowest BCUT2D eigenvalue weighted by molar-refractivity contribution is -0.123. The molecule has 1 aromatic carbocycles. The average Bonchev–Trinajstić information content (AvgIpc) is 2.85. The molecule has 4 nitrogen and oxygen atoms in total. The summed E-state index contributed by atoms with van der Waals surface area (Å²) in [5, 5.41) is 3.00. The molecule has 0 saturated carbocycles. The maximum absolute atomic E-state index is 12.3. The Bertz CT molecular complexity index is 588. The van der Waals surface area contributed by atoms with Crippen molar-refractivity contribution in [2.45, 2.75) is 46.1 Å². The third-order valence-corrected chi connectivity index (χ3v) is 3.58. The molecule has 1 unspecified atom stereocenters. The van der Waals surface area contributed by atoms with Crippen LogP contribution in [0.2, 0.25) is 0 Å². The van der Waals surface area contributed by atoms with E-state index in [0.29, 0.717) is 0 Å². The number of unbranched alkanes of at least 4 members (excludes halogenated alkanes) is 1. The molecule has 1 N–H and O–H groups in total. The number of carbonyl (C=O) groups is 1. The average molecular weight is 273 g/mol. The zero-order chi connectivity index (χ0) is 14.5. The second-order valence-electron chi connectivity index (χ2n) is 5.06. The molecule has 0 aliphatic carbocycles. The minimum absolute atomic E-state index is 0.0660. The van der Waals surface area contributed by atoms with Crippen LogP contribution in [-0.2, 0) is 11.2 Å². The van der Waals surface area contributed by atoms with Crippen molar-refractivity contribution in [3.05, 3.63) is 30.1 Å². The first-order chi connectivity index (χ1) is 9.69. The maximum atomic E-state index is 12.3. The van der Waals surface area contributed by atoms with Gasteiger partial charge in [-0.2, -0.15) is 0 Å². The van der Waals surface area contributed by atoms with Gasteiger partial charge in [0.25, 0.3) is 0 Å². The minimum atomic E-state index is -0.228. The van der Waals surface area contributed by atoms with E-state index in [1.807, 2.05) is 31.2 Å². The molecular formula is C16H23N3O. The lowest BCUT2D eigenvalue weighted by atomic mass is 10.2. The minimum Gasteiger partial charge on any atom is -0.354 e. The van der Waals surface area contributed by atoms with Crippen LogP contribution < -0.4 is 5.32 Å². The Morgan fingerprint density at radius 3 is 2.80 bits per heavy atom. The van der Waals surface area contributed by atoms with E-state index in [1.54, 1.807) is 0 Å². The van der Waals surface area contributed by atoms with Gasteiger partial charge in [0.1, 0.15) is 11.9 Å². The highest BCUT2D eigenvalue weighted by Gasteiger charge is 2.20. The second-order valence-corrected chi connectivity index (χ2v) is 5.06. The van der Waals surface area contributed by atoms with E-state index in [2.05, 4.69) is 28.7 Å². The van der Waals surface area contributed by atoms with Crippen LogP contribution in [0.25, 0.3) is 11.0 Å². The van der Waals surface area contributed by atoms with Crippen LogP contribution in [0.5, 0.6) is 0 Å². The van der Waals surface area contributed by atoms with Gasteiger partial charge in [0.05, 0.1) is 11.0 Å². The summed E-state index contributed by atoms with van der Waals surface area (Å²) in [7, 11) is 0. The van der Waals surface area contributed by atoms with Crippen molar-refractivity contribution in [3.8, 4) is 0 Å². The molecule has 0 saturated heterocycles. The van der Waals surface area contributed by atoms with Crippen molar-refractivity contribution in [1.29, 1.82) is 0 Å². The summed E-state index contributed by atoms with van der Waals surface area (Å²) in [6.45, 7) is 6.87. The number of carbonyl (C=O) groups excluding carboxylic acids is 1. The van der Waals surface area contributed by atoms with E-state index >= 15 is 0 Å². The molecule has 0 aliphatic rings. The fraction of sp³-hybridized carbons (Fsp3) is 0.500. The van der Waals surface area contributed by atoms with Gasteiger partial charge in [-0.15, -0.1) is 0 Å². The normalized spacial score (nSPS) is 12.6. The molecule has 1 atom stereocenters. The van der Waals surface area contributed by atoms with Crippen molar-refractivity contribution in [2.75, 3.05) is 6.54 Å². The lowest BCUT2D eigenvalue weighted by Gasteiger charge is -2.17. The maximum Gasteiger partial charge on any atom is 0.242 e. The van der Waals surface area contributed by atoms with Crippen molar-refractivity contribution in [2.24, 2.45) is 0 Å². The highest BCUT2D eigenvalue weighted by atomic mass is 16.2. The van der Waals surface area contributed by atoms with E-state index in [1.165, 1.54) is 0 Å². The van der Waals surface area contributed by atoms with Crippen LogP contribution in [0.4, 0.5) is 0 Å². The third kappa shape index (κ3) is 2.84. The second kappa shape index (κ2) is 6.55. The highest BCUT2D eigenvalue weighted by Crippen LogP contribution is 2.21. The van der Waals surface area contributed by atoms with Crippen LogP contribution in [0.3, 0.4) is 0 Å². The van der Waals surface area contributed by atoms with E-state index in [9.17, 15) is 4.79 Å². The summed E-state index contributed by atoms with van der Waals surface area (Å²) in [5.41, 5.74) is 1.99. The van der Waals surface area contributed by atoms with Crippen LogP contribution in [0.15, 0.2) is 24.3 Å². The van der Waals surface area contributed by atoms with Crippen LogP contribution in [0, 0.1) is 0 Å². The largest absolute Gasteiger partial charge is 0.354 e. The molecule has 1 amide bonds. The molecular weight excluding hydrogens is 250 g/mol. The van der Waals surface area contributed by atoms with Gasteiger partial charge in [-0.25, -0.2) is 4.98 Å². The molecule has 0 radical (unpaired) electrons. The summed E-state index contributed by atoms with van der Waals surface area (Å²) in [4.78, 5) is 16.9. The van der Waals surface area contributed by atoms with Gasteiger partial charge in [0.2, 0.25) is 5.91 Å². The number of benzene rings is 1. The van der Waals surface area contributed by atoms with E-state index in [4.69, 9.17) is 0 Å². The first kappa shape index (κ1) is 14.6. The van der Waals surface area contributed by atoms with Gasteiger partial charge in [-0.05, 0) is 25.5 Å². The summed E-state index contributed by atoms with van der Waals surface area (Å²) in [6.07, 6.45) is 2.92. The molecule has 0 spiro atoms. The number of imidazole rings is 1. The Balaban J connectivity index is 2.28. The Morgan fingerprint density at radius 1 is 1.35 bits per heavy atom.